The van der Waals surface area contributed by atoms with Crippen molar-refractivity contribution in [3.8, 4) is 0 Å². The molecular formula is C17H26O2. The number of fused-ring (bicyclic) bond motifs is 2. The van der Waals surface area contributed by atoms with Crippen molar-refractivity contribution < 1.29 is 9.53 Å². The van der Waals surface area contributed by atoms with Crippen molar-refractivity contribution in [1.82, 2.24) is 0 Å². The van der Waals surface area contributed by atoms with Crippen molar-refractivity contribution in [1.29, 1.82) is 0 Å². The fourth-order valence-electron chi connectivity index (χ4n) is 5.67. The van der Waals surface area contributed by atoms with Gasteiger partial charge < -0.3 is 4.74 Å². The summed E-state index contributed by atoms with van der Waals surface area (Å²) in [5.41, 5.74) is 0.0520. The quantitative estimate of drug-likeness (QED) is 0.624. The van der Waals surface area contributed by atoms with Gasteiger partial charge in [0.25, 0.3) is 0 Å². The van der Waals surface area contributed by atoms with Gasteiger partial charge >= 0.3 is 0 Å². The molecule has 0 radical (unpaired) electrons. The van der Waals surface area contributed by atoms with Crippen LogP contribution in [-0.2, 0) is 9.53 Å². The highest BCUT2D eigenvalue weighted by molar-refractivity contribution is 5.87. The standard InChI is InChI=1S/C17H26O2/c1-10-12-5-4-6-13(12)14(18)16(2,3)11-7-8-17(9-11)15(10)19-17/h10-13,15H,4-9H2,1-3H3/t10-,11?,12-,13-,15?,17+/m1/s1. The summed E-state index contributed by atoms with van der Waals surface area (Å²) in [5.74, 6) is 2.63. The highest BCUT2D eigenvalue weighted by Gasteiger charge is 2.66. The lowest BCUT2D eigenvalue weighted by atomic mass is 9.68. The van der Waals surface area contributed by atoms with Crippen LogP contribution < -0.4 is 0 Å². The van der Waals surface area contributed by atoms with Crippen molar-refractivity contribution in [2.75, 3.05) is 0 Å². The van der Waals surface area contributed by atoms with Crippen molar-refractivity contribution in [2.24, 2.45) is 29.1 Å². The maximum absolute atomic E-state index is 13.1. The van der Waals surface area contributed by atoms with Gasteiger partial charge in [0.2, 0.25) is 0 Å². The lowest BCUT2D eigenvalue weighted by molar-refractivity contribution is -0.135. The monoisotopic (exact) mass is 262 g/mol. The van der Waals surface area contributed by atoms with E-state index in [0.717, 1.165) is 12.8 Å². The summed E-state index contributed by atoms with van der Waals surface area (Å²) in [5, 5.41) is 0. The first-order valence-corrected chi connectivity index (χ1v) is 8.18. The molecule has 1 spiro atoms. The Hall–Kier alpha value is -0.370. The van der Waals surface area contributed by atoms with E-state index >= 15 is 0 Å². The van der Waals surface area contributed by atoms with Gasteiger partial charge in [-0.2, -0.15) is 0 Å². The Morgan fingerprint density at radius 2 is 2.00 bits per heavy atom. The Bertz CT molecular complexity index is 427. The molecule has 19 heavy (non-hydrogen) atoms. The van der Waals surface area contributed by atoms with E-state index in [9.17, 15) is 4.79 Å². The summed E-state index contributed by atoms with van der Waals surface area (Å²) >= 11 is 0. The lowest BCUT2D eigenvalue weighted by Crippen LogP contribution is -2.39. The van der Waals surface area contributed by atoms with Gasteiger partial charge in [-0.15, -0.1) is 0 Å². The van der Waals surface area contributed by atoms with E-state index in [1.54, 1.807) is 0 Å². The van der Waals surface area contributed by atoms with Crippen LogP contribution >= 0.6 is 0 Å². The average Bonchev–Trinajstić information content (AvgIpc) is 2.77. The summed E-state index contributed by atoms with van der Waals surface area (Å²) in [4.78, 5) is 13.1. The van der Waals surface area contributed by atoms with Crippen molar-refractivity contribution in [3.05, 3.63) is 0 Å². The van der Waals surface area contributed by atoms with Crippen molar-refractivity contribution in [3.63, 3.8) is 0 Å². The van der Waals surface area contributed by atoms with Crippen LogP contribution in [0.2, 0.25) is 0 Å². The lowest BCUT2D eigenvalue weighted by Gasteiger charge is -2.35. The van der Waals surface area contributed by atoms with E-state index in [4.69, 9.17) is 4.74 Å². The molecule has 0 aromatic rings. The Morgan fingerprint density at radius 3 is 2.79 bits per heavy atom. The maximum atomic E-state index is 13.1. The predicted octanol–water partition coefficient (Wildman–Crippen LogP) is 3.59. The van der Waals surface area contributed by atoms with E-state index < -0.39 is 0 Å². The second-order valence-corrected chi connectivity index (χ2v) is 8.19. The molecule has 4 fully saturated rings. The minimum Gasteiger partial charge on any atom is -0.366 e. The third-order valence-corrected chi connectivity index (χ3v) is 7.05. The fourth-order valence-corrected chi connectivity index (χ4v) is 5.67. The molecule has 3 saturated carbocycles. The zero-order chi connectivity index (χ0) is 13.4. The van der Waals surface area contributed by atoms with E-state index in [-0.39, 0.29) is 11.0 Å². The van der Waals surface area contributed by atoms with Gasteiger partial charge in [0.05, 0.1) is 11.7 Å². The summed E-state index contributed by atoms with van der Waals surface area (Å²) in [6.07, 6.45) is 7.61. The molecule has 0 aromatic carbocycles. The Labute approximate surface area is 116 Å². The number of carbonyl (C=O) groups excluding carboxylic acids is 1. The van der Waals surface area contributed by atoms with Crippen molar-refractivity contribution >= 4 is 5.78 Å². The van der Waals surface area contributed by atoms with Gasteiger partial charge in [0.1, 0.15) is 5.78 Å². The van der Waals surface area contributed by atoms with E-state index in [2.05, 4.69) is 20.8 Å². The van der Waals surface area contributed by atoms with Crippen LogP contribution in [0.15, 0.2) is 0 Å². The third kappa shape index (κ3) is 1.50. The molecule has 2 nitrogen and oxygen atoms in total. The van der Waals surface area contributed by atoms with E-state index in [1.807, 2.05) is 0 Å². The molecule has 106 valence electrons. The van der Waals surface area contributed by atoms with Gasteiger partial charge in [-0.25, -0.2) is 0 Å². The normalized spacial score (nSPS) is 54.9. The molecule has 2 heteroatoms. The van der Waals surface area contributed by atoms with Crippen LogP contribution in [0.1, 0.15) is 59.3 Å². The molecule has 1 saturated heterocycles. The Balaban J connectivity index is 1.76. The fraction of sp³-hybridized carbons (Fsp3) is 0.941. The Morgan fingerprint density at radius 1 is 1.21 bits per heavy atom. The molecule has 1 aliphatic heterocycles. The first-order chi connectivity index (χ1) is 8.96. The molecule has 2 unspecified atom stereocenters. The molecule has 6 atom stereocenters. The third-order valence-electron chi connectivity index (χ3n) is 7.05. The van der Waals surface area contributed by atoms with E-state index in [1.165, 1.54) is 25.7 Å². The van der Waals surface area contributed by atoms with Gasteiger partial charge in [0, 0.05) is 11.3 Å². The largest absolute Gasteiger partial charge is 0.366 e. The van der Waals surface area contributed by atoms with Gasteiger partial charge in [-0.1, -0.05) is 27.2 Å². The highest BCUT2D eigenvalue weighted by atomic mass is 16.6. The summed E-state index contributed by atoms with van der Waals surface area (Å²) < 4.78 is 6.21. The van der Waals surface area contributed by atoms with Crippen LogP contribution in [0.25, 0.3) is 0 Å². The molecule has 2 bridgehead atoms. The number of rotatable bonds is 0. The second kappa shape index (κ2) is 3.63. The number of carbonyl (C=O) groups is 1. The number of Topliss-reactive ketones (excluding diaryl/α,β-unsaturated/α-hetero) is 1. The van der Waals surface area contributed by atoms with Crippen LogP contribution in [0.5, 0.6) is 0 Å². The molecule has 4 aliphatic rings. The number of epoxide rings is 1. The average molecular weight is 262 g/mol. The second-order valence-electron chi connectivity index (χ2n) is 8.19. The predicted molar refractivity (Wildman–Crippen MR) is 73.7 cm³/mol. The summed E-state index contributed by atoms with van der Waals surface area (Å²) in [6.45, 7) is 6.77. The number of ether oxygens (including phenoxy) is 1. The molecule has 1 heterocycles. The van der Waals surface area contributed by atoms with Gasteiger partial charge in [-0.3, -0.25) is 4.79 Å². The van der Waals surface area contributed by atoms with Crippen LogP contribution in [-0.4, -0.2) is 17.5 Å². The number of ketones is 1. The van der Waals surface area contributed by atoms with Crippen LogP contribution in [0.4, 0.5) is 0 Å². The topological polar surface area (TPSA) is 29.6 Å². The van der Waals surface area contributed by atoms with Gasteiger partial charge in [-0.05, 0) is 49.9 Å². The molecule has 0 amide bonds. The van der Waals surface area contributed by atoms with Gasteiger partial charge in [0.15, 0.2) is 0 Å². The summed E-state index contributed by atoms with van der Waals surface area (Å²) in [6, 6.07) is 0. The van der Waals surface area contributed by atoms with E-state index in [0.29, 0.717) is 35.6 Å². The number of hydrogen-bond acceptors (Lipinski definition) is 2. The first-order valence-electron chi connectivity index (χ1n) is 8.18. The molecule has 3 aliphatic carbocycles. The maximum Gasteiger partial charge on any atom is 0.142 e. The molecule has 0 aromatic heterocycles. The zero-order valence-electron chi connectivity index (χ0n) is 12.4. The zero-order valence-corrected chi connectivity index (χ0v) is 12.4. The first kappa shape index (κ1) is 12.4. The highest BCUT2D eigenvalue weighted by Crippen LogP contribution is 2.62. The van der Waals surface area contributed by atoms with Crippen molar-refractivity contribution in [2.45, 2.75) is 71.0 Å². The molecule has 4 rings (SSSR count). The van der Waals surface area contributed by atoms with Crippen LogP contribution in [0, 0.1) is 29.1 Å². The number of hydrogen-bond donors (Lipinski definition) is 0. The van der Waals surface area contributed by atoms with Crippen LogP contribution in [0.3, 0.4) is 0 Å². The minimum absolute atomic E-state index is 0.128. The summed E-state index contributed by atoms with van der Waals surface area (Å²) in [7, 11) is 0. The molecule has 0 N–H and O–H groups in total. The molecular weight excluding hydrogens is 236 g/mol. The smallest absolute Gasteiger partial charge is 0.142 e. The SMILES string of the molecule is C[C@H]1C2O[C@]23CCC(C3)C(C)(C)C(=O)[C@@H]2CCC[C@@H]21. The Kier molecular flexibility index (Phi) is 2.37. The minimum atomic E-state index is -0.128.